The predicted molar refractivity (Wildman–Crippen MR) is 73.1 cm³/mol. The summed E-state index contributed by atoms with van der Waals surface area (Å²) in [7, 11) is 0. The number of unbranched alkanes of at least 4 members (excludes halogenated alkanes) is 1. The van der Waals surface area contributed by atoms with Crippen molar-refractivity contribution in [1.29, 1.82) is 0 Å². The van der Waals surface area contributed by atoms with Gasteiger partial charge >= 0.3 is 0 Å². The lowest BCUT2D eigenvalue weighted by molar-refractivity contribution is -0.384. The standard InChI is InChI=1S/C13H16FN3O4/c1-2-3-6-16(8-12(15)18)13(19)10-7-9(17(20)21)4-5-11(10)14/h4-5,7H,2-3,6,8H2,1H3,(H2,15,18). The van der Waals surface area contributed by atoms with E-state index < -0.39 is 33.8 Å². The van der Waals surface area contributed by atoms with Crippen molar-refractivity contribution in [2.75, 3.05) is 13.1 Å². The number of hydrogen-bond acceptors (Lipinski definition) is 4. The molecule has 0 aliphatic carbocycles. The Kier molecular flexibility index (Phi) is 5.77. The molecule has 0 saturated carbocycles. The van der Waals surface area contributed by atoms with Crippen LogP contribution in [0.3, 0.4) is 0 Å². The van der Waals surface area contributed by atoms with Gasteiger partial charge in [-0.3, -0.25) is 19.7 Å². The lowest BCUT2D eigenvalue weighted by Gasteiger charge is -2.21. The molecule has 0 saturated heterocycles. The van der Waals surface area contributed by atoms with E-state index in [0.717, 1.165) is 29.5 Å². The van der Waals surface area contributed by atoms with Gasteiger partial charge in [-0.15, -0.1) is 0 Å². The Labute approximate surface area is 120 Å². The third-order valence-corrected chi connectivity index (χ3v) is 2.81. The van der Waals surface area contributed by atoms with Crippen LogP contribution < -0.4 is 5.73 Å². The molecule has 2 N–H and O–H groups in total. The third kappa shape index (κ3) is 4.51. The molecule has 1 rings (SSSR count). The highest BCUT2D eigenvalue weighted by molar-refractivity contribution is 5.97. The Morgan fingerprint density at radius 1 is 1.43 bits per heavy atom. The Morgan fingerprint density at radius 2 is 2.10 bits per heavy atom. The number of benzene rings is 1. The second-order valence-electron chi connectivity index (χ2n) is 4.47. The minimum Gasteiger partial charge on any atom is -0.368 e. The van der Waals surface area contributed by atoms with Crippen molar-refractivity contribution in [3.8, 4) is 0 Å². The highest BCUT2D eigenvalue weighted by Gasteiger charge is 2.23. The van der Waals surface area contributed by atoms with Gasteiger partial charge in [0.25, 0.3) is 11.6 Å². The molecule has 0 fully saturated rings. The summed E-state index contributed by atoms with van der Waals surface area (Å²) in [5, 5.41) is 10.7. The Hall–Kier alpha value is -2.51. The van der Waals surface area contributed by atoms with Gasteiger partial charge in [-0.05, 0) is 12.5 Å². The van der Waals surface area contributed by atoms with Crippen LogP contribution in [0.1, 0.15) is 30.1 Å². The van der Waals surface area contributed by atoms with Crippen LogP contribution in [0.25, 0.3) is 0 Å². The molecule has 1 aromatic carbocycles. The second kappa shape index (κ2) is 7.32. The minimum atomic E-state index is -0.878. The van der Waals surface area contributed by atoms with Crippen LogP contribution in [0, 0.1) is 15.9 Å². The molecule has 0 aromatic heterocycles. The van der Waals surface area contributed by atoms with E-state index >= 15 is 0 Å². The van der Waals surface area contributed by atoms with E-state index in [1.54, 1.807) is 0 Å². The molecule has 0 spiro atoms. The smallest absolute Gasteiger partial charge is 0.270 e. The number of nitro groups is 1. The predicted octanol–water partition coefficient (Wildman–Crippen LogP) is 1.46. The Morgan fingerprint density at radius 3 is 2.62 bits per heavy atom. The molecule has 0 heterocycles. The molecule has 8 heteroatoms. The van der Waals surface area contributed by atoms with Gasteiger partial charge < -0.3 is 10.6 Å². The molecule has 0 aliphatic heterocycles. The van der Waals surface area contributed by atoms with Gasteiger partial charge in [0.1, 0.15) is 5.82 Å². The van der Waals surface area contributed by atoms with E-state index in [2.05, 4.69) is 0 Å². The lowest BCUT2D eigenvalue weighted by atomic mass is 10.1. The SMILES string of the molecule is CCCCN(CC(N)=O)C(=O)c1cc([N+](=O)[O-])ccc1F. The van der Waals surface area contributed by atoms with Crippen molar-refractivity contribution < 1.29 is 18.9 Å². The number of primary amides is 1. The van der Waals surface area contributed by atoms with Gasteiger partial charge in [0, 0.05) is 18.7 Å². The van der Waals surface area contributed by atoms with E-state index in [0.29, 0.717) is 6.42 Å². The van der Waals surface area contributed by atoms with Crippen molar-refractivity contribution in [2.24, 2.45) is 5.73 Å². The topological polar surface area (TPSA) is 107 Å². The number of rotatable bonds is 7. The van der Waals surface area contributed by atoms with Crippen LogP contribution in [-0.4, -0.2) is 34.7 Å². The number of carbonyl (C=O) groups is 2. The zero-order valence-electron chi connectivity index (χ0n) is 11.5. The molecule has 0 atom stereocenters. The summed E-state index contributed by atoms with van der Waals surface area (Å²) in [6.45, 7) is 1.75. The molecule has 0 radical (unpaired) electrons. The molecule has 0 bridgehead atoms. The Bertz CT molecular complexity index is 562. The van der Waals surface area contributed by atoms with Crippen molar-refractivity contribution in [3.63, 3.8) is 0 Å². The van der Waals surface area contributed by atoms with Crippen molar-refractivity contribution in [3.05, 3.63) is 39.7 Å². The maximum atomic E-state index is 13.7. The van der Waals surface area contributed by atoms with Crippen molar-refractivity contribution in [1.82, 2.24) is 4.90 Å². The summed E-state index contributed by atoms with van der Waals surface area (Å²) in [5.74, 6) is -2.40. The van der Waals surface area contributed by atoms with Crippen molar-refractivity contribution in [2.45, 2.75) is 19.8 Å². The van der Waals surface area contributed by atoms with Crippen LogP contribution in [0.15, 0.2) is 18.2 Å². The van der Waals surface area contributed by atoms with Gasteiger partial charge in [-0.2, -0.15) is 0 Å². The summed E-state index contributed by atoms with van der Waals surface area (Å²) in [4.78, 5) is 34.3. The zero-order chi connectivity index (χ0) is 16.0. The van der Waals surface area contributed by atoms with E-state index in [9.17, 15) is 24.1 Å². The molecule has 2 amide bonds. The summed E-state index contributed by atoms with van der Waals surface area (Å²) in [5.41, 5.74) is 4.23. The summed E-state index contributed by atoms with van der Waals surface area (Å²) < 4.78 is 13.7. The number of nitrogens with two attached hydrogens (primary N) is 1. The largest absolute Gasteiger partial charge is 0.368 e. The van der Waals surface area contributed by atoms with E-state index in [-0.39, 0.29) is 13.1 Å². The monoisotopic (exact) mass is 297 g/mol. The fourth-order valence-electron chi connectivity index (χ4n) is 1.75. The first-order chi connectivity index (χ1) is 9.86. The minimum absolute atomic E-state index is 0.223. The van der Waals surface area contributed by atoms with Gasteiger partial charge in [-0.25, -0.2) is 4.39 Å². The fourth-order valence-corrected chi connectivity index (χ4v) is 1.75. The van der Waals surface area contributed by atoms with Gasteiger partial charge in [-0.1, -0.05) is 13.3 Å². The second-order valence-corrected chi connectivity index (χ2v) is 4.47. The molecule has 7 nitrogen and oxygen atoms in total. The van der Waals surface area contributed by atoms with Crippen LogP contribution in [0.4, 0.5) is 10.1 Å². The first-order valence-corrected chi connectivity index (χ1v) is 6.38. The van der Waals surface area contributed by atoms with Crippen LogP contribution in [0.2, 0.25) is 0 Å². The summed E-state index contributed by atoms with van der Waals surface area (Å²) in [6, 6.07) is 2.68. The van der Waals surface area contributed by atoms with E-state index in [1.165, 1.54) is 0 Å². The number of amides is 2. The van der Waals surface area contributed by atoms with Gasteiger partial charge in [0.05, 0.1) is 17.0 Å². The maximum Gasteiger partial charge on any atom is 0.270 e. The van der Waals surface area contributed by atoms with Crippen LogP contribution in [0.5, 0.6) is 0 Å². The zero-order valence-corrected chi connectivity index (χ0v) is 11.5. The van der Waals surface area contributed by atoms with Crippen molar-refractivity contribution >= 4 is 17.5 Å². The average Bonchev–Trinajstić information content (AvgIpc) is 2.42. The molecule has 114 valence electrons. The number of nitrogens with zero attached hydrogens (tertiary/aromatic N) is 2. The number of hydrogen-bond donors (Lipinski definition) is 1. The molecule has 21 heavy (non-hydrogen) atoms. The van der Waals surface area contributed by atoms with Gasteiger partial charge in [0.15, 0.2) is 0 Å². The highest BCUT2D eigenvalue weighted by Crippen LogP contribution is 2.18. The van der Waals surface area contributed by atoms with E-state index in [4.69, 9.17) is 5.73 Å². The molecule has 0 aliphatic rings. The first-order valence-electron chi connectivity index (χ1n) is 6.38. The first kappa shape index (κ1) is 16.5. The molecule has 1 aromatic rings. The Balaban J connectivity index is 3.09. The summed E-state index contributed by atoms with van der Waals surface area (Å²) in [6.07, 6.45) is 1.37. The molecule has 0 unspecified atom stereocenters. The lowest BCUT2D eigenvalue weighted by Crippen LogP contribution is -2.39. The number of nitro benzene ring substituents is 1. The highest BCUT2D eigenvalue weighted by atomic mass is 19.1. The van der Waals surface area contributed by atoms with E-state index in [1.807, 2.05) is 6.92 Å². The average molecular weight is 297 g/mol. The normalized spacial score (nSPS) is 10.2. The number of carbonyl (C=O) groups excluding carboxylic acids is 2. The maximum absolute atomic E-state index is 13.7. The number of halogens is 1. The fraction of sp³-hybridized carbons (Fsp3) is 0.385. The third-order valence-electron chi connectivity index (χ3n) is 2.81. The number of non-ortho nitro benzene ring substituents is 1. The molecular formula is C13H16FN3O4. The van der Waals surface area contributed by atoms with Gasteiger partial charge in [0.2, 0.25) is 5.91 Å². The van der Waals surface area contributed by atoms with Crippen LogP contribution in [-0.2, 0) is 4.79 Å². The quantitative estimate of drug-likeness (QED) is 0.607. The van der Waals surface area contributed by atoms with Crippen LogP contribution >= 0.6 is 0 Å². The molecular weight excluding hydrogens is 281 g/mol. The summed E-state index contributed by atoms with van der Waals surface area (Å²) >= 11 is 0.